The number of fused-ring (bicyclic) bond motifs is 1. The van der Waals surface area contributed by atoms with Crippen molar-refractivity contribution in [3.8, 4) is 28.5 Å². The second kappa shape index (κ2) is 18.9. The topological polar surface area (TPSA) is 163 Å². The molecule has 14 nitrogen and oxygen atoms in total. The lowest BCUT2D eigenvalue weighted by Crippen LogP contribution is -2.31. The first-order valence-electron chi connectivity index (χ1n) is 19.6. The number of hydrogen-bond donors (Lipinski definition) is 1. The molecule has 1 aromatic heterocycles. The normalized spacial score (nSPS) is 12.6. The van der Waals surface area contributed by atoms with Crippen molar-refractivity contribution in [2.75, 3.05) is 39.7 Å². The van der Waals surface area contributed by atoms with Gasteiger partial charge in [0.25, 0.3) is 15.7 Å². The number of amides is 1. The van der Waals surface area contributed by atoms with Crippen molar-refractivity contribution < 1.29 is 37.1 Å². The molecule has 0 radical (unpaired) electrons. The highest BCUT2D eigenvalue weighted by atomic mass is 32.2. The summed E-state index contributed by atoms with van der Waals surface area (Å²) in [6, 6.07) is 26.1. The summed E-state index contributed by atoms with van der Waals surface area (Å²) in [4.78, 5) is 30.8. The van der Waals surface area contributed by atoms with Gasteiger partial charge in [-0.1, -0.05) is 48.5 Å². The summed E-state index contributed by atoms with van der Waals surface area (Å²) in [6.07, 6.45) is 3.89. The van der Waals surface area contributed by atoms with Gasteiger partial charge in [-0.05, 0) is 111 Å². The summed E-state index contributed by atoms with van der Waals surface area (Å²) >= 11 is 0. The third-order valence-electron chi connectivity index (χ3n) is 10.0. The predicted octanol–water partition coefficient (Wildman–Crippen LogP) is 8.41. The molecule has 0 saturated heterocycles. The van der Waals surface area contributed by atoms with Crippen LogP contribution in [0.4, 0.5) is 16.2 Å². The molecule has 0 spiro atoms. The number of sulfonamides is 1. The molecular weight excluding hydrogens is 787 g/mol. The molecule has 6 rings (SSSR count). The van der Waals surface area contributed by atoms with Crippen LogP contribution in [-0.2, 0) is 47.2 Å². The summed E-state index contributed by atoms with van der Waals surface area (Å²) in [7, 11) is 0.447. The minimum absolute atomic E-state index is 0.0414. The van der Waals surface area contributed by atoms with Gasteiger partial charge < -0.3 is 18.9 Å². The third kappa shape index (κ3) is 10.8. The number of rotatable bonds is 17. The maximum absolute atomic E-state index is 14.5. The van der Waals surface area contributed by atoms with Gasteiger partial charge in [0, 0.05) is 49.6 Å². The van der Waals surface area contributed by atoms with Crippen LogP contribution in [0.5, 0.6) is 17.4 Å². The van der Waals surface area contributed by atoms with Crippen LogP contribution in [-0.4, -0.2) is 73.6 Å². The van der Waals surface area contributed by atoms with Crippen molar-refractivity contribution in [2.24, 2.45) is 0 Å². The lowest BCUT2D eigenvalue weighted by atomic mass is 9.98. The Morgan fingerprint density at radius 1 is 0.883 bits per heavy atom. The van der Waals surface area contributed by atoms with Crippen LogP contribution in [0, 0.1) is 10.1 Å². The number of likely N-dealkylation sites (N-methyl/N-ethyl adjacent to an activating group) is 1. The van der Waals surface area contributed by atoms with E-state index in [1.54, 1.807) is 88.1 Å². The highest BCUT2D eigenvalue weighted by Crippen LogP contribution is 2.39. The first-order valence-corrected chi connectivity index (χ1v) is 21.0. The second-order valence-electron chi connectivity index (χ2n) is 15.6. The number of nitro groups is 1. The standard InChI is InChI=1S/C45H51N5O9S/c1-45(2,3)59-44(51)47-42-38-11-7-9-33(38)17-22-39(42)34-23-24-46-41(27-34)58-26-25-48(4)30-35-10-8-12-40(43(35)50(52)53)60(54,55)49(28-31-13-18-36(56-5)19-14-31)29-32-15-20-37(57-6)21-16-32/h8,10,12-24,27H,7,9,11,25-26,28-30H2,1-6H3,(H,47,51). The molecule has 1 amide bonds. The van der Waals surface area contributed by atoms with Gasteiger partial charge in [0.2, 0.25) is 5.88 Å². The number of nitrogens with one attached hydrogen (secondary N) is 1. The molecule has 0 aliphatic heterocycles. The van der Waals surface area contributed by atoms with Gasteiger partial charge in [0.1, 0.15) is 23.7 Å². The zero-order valence-corrected chi connectivity index (χ0v) is 35.6. The Morgan fingerprint density at radius 3 is 2.13 bits per heavy atom. The number of nitrogens with zero attached hydrogens (tertiary/aromatic N) is 4. The fraction of sp³-hybridized carbons (Fsp3) is 0.333. The van der Waals surface area contributed by atoms with Gasteiger partial charge in [-0.25, -0.2) is 18.2 Å². The van der Waals surface area contributed by atoms with Crippen LogP contribution in [0.3, 0.4) is 0 Å². The van der Waals surface area contributed by atoms with E-state index >= 15 is 0 Å². The number of carbonyl (C=O) groups is 1. The quantitative estimate of drug-likeness (QED) is 0.0707. The fourth-order valence-electron chi connectivity index (χ4n) is 7.13. The molecule has 4 aromatic carbocycles. The number of benzene rings is 4. The smallest absolute Gasteiger partial charge is 0.412 e. The summed E-state index contributed by atoms with van der Waals surface area (Å²) in [5, 5.41) is 15.7. The lowest BCUT2D eigenvalue weighted by Gasteiger charge is -2.24. The van der Waals surface area contributed by atoms with Gasteiger partial charge in [-0.2, -0.15) is 4.31 Å². The van der Waals surface area contributed by atoms with Crippen molar-refractivity contribution >= 4 is 27.5 Å². The number of hydrogen-bond acceptors (Lipinski definition) is 11. The van der Waals surface area contributed by atoms with E-state index in [9.17, 15) is 23.3 Å². The maximum atomic E-state index is 14.5. The summed E-state index contributed by atoms with van der Waals surface area (Å²) in [5.41, 5.74) is 5.07. The van der Waals surface area contributed by atoms with E-state index in [0.717, 1.165) is 36.0 Å². The van der Waals surface area contributed by atoms with Crippen molar-refractivity contribution in [1.29, 1.82) is 0 Å². The number of carbonyl (C=O) groups excluding carboxylic acids is 1. The van der Waals surface area contributed by atoms with E-state index in [1.165, 1.54) is 22.0 Å². The van der Waals surface area contributed by atoms with E-state index in [0.29, 0.717) is 40.7 Å². The van der Waals surface area contributed by atoms with E-state index in [2.05, 4.69) is 16.4 Å². The van der Waals surface area contributed by atoms with E-state index in [-0.39, 0.29) is 31.8 Å². The Balaban J connectivity index is 1.18. The van der Waals surface area contributed by atoms with Crippen molar-refractivity contribution in [2.45, 2.75) is 70.2 Å². The van der Waals surface area contributed by atoms with Crippen LogP contribution >= 0.6 is 0 Å². The molecule has 1 aliphatic rings. The Kier molecular flexibility index (Phi) is 13.7. The molecule has 1 heterocycles. The summed E-state index contributed by atoms with van der Waals surface area (Å²) in [6.45, 7) is 5.97. The van der Waals surface area contributed by atoms with Crippen molar-refractivity contribution in [3.05, 3.63) is 135 Å². The van der Waals surface area contributed by atoms with Crippen LogP contribution in [0.15, 0.2) is 102 Å². The number of aromatic nitrogens is 1. The van der Waals surface area contributed by atoms with Crippen molar-refractivity contribution in [3.63, 3.8) is 0 Å². The number of anilines is 1. The summed E-state index contributed by atoms with van der Waals surface area (Å²) < 4.78 is 52.4. The van der Waals surface area contributed by atoms with Gasteiger partial charge in [-0.3, -0.25) is 20.3 Å². The number of aryl methyl sites for hydroxylation is 1. The van der Waals surface area contributed by atoms with Gasteiger partial charge in [0.05, 0.1) is 24.8 Å². The summed E-state index contributed by atoms with van der Waals surface area (Å²) in [5.74, 6) is 1.59. The first kappa shape index (κ1) is 43.5. The number of pyridine rings is 1. The zero-order valence-electron chi connectivity index (χ0n) is 34.8. The largest absolute Gasteiger partial charge is 0.497 e. The van der Waals surface area contributed by atoms with Crippen molar-refractivity contribution in [1.82, 2.24) is 14.2 Å². The molecule has 15 heteroatoms. The number of ether oxygens (including phenoxy) is 4. The predicted molar refractivity (Wildman–Crippen MR) is 229 cm³/mol. The fourth-order valence-corrected chi connectivity index (χ4v) is 8.75. The third-order valence-corrected chi connectivity index (χ3v) is 11.9. The number of nitro benzene ring substituents is 1. The molecule has 1 aliphatic carbocycles. The van der Waals surface area contributed by atoms with Gasteiger partial charge in [-0.15, -0.1) is 0 Å². The molecule has 0 bridgehead atoms. The molecule has 1 N–H and O–H groups in total. The first-order chi connectivity index (χ1) is 28.6. The van der Waals surface area contributed by atoms with Gasteiger partial charge in [0.15, 0.2) is 4.90 Å². The molecule has 0 fully saturated rings. The van der Waals surface area contributed by atoms with E-state index < -0.39 is 37.2 Å². The van der Waals surface area contributed by atoms with E-state index in [4.69, 9.17) is 18.9 Å². The zero-order chi connectivity index (χ0) is 43.0. The maximum Gasteiger partial charge on any atom is 0.412 e. The number of methoxy groups -OCH3 is 2. The Bertz CT molecular complexity index is 2370. The molecule has 316 valence electrons. The highest BCUT2D eigenvalue weighted by Gasteiger charge is 2.34. The second-order valence-corrected chi connectivity index (χ2v) is 17.5. The molecule has 0 unspecified atom stereocenters. The minimum Gasteiger partial charge on any atom is -0.497 e. The highest BCUT2D eigenvalue weighted by molar-refractivity contribution is 7.89. The average Bonchev–Trinajstić information content (AvgIpc) is 3.70. The van der Waals surface area contributed by atoms with Crippen LogP contribution < -0.4 is 19.5 Å². The monoisotopic (exact) mass is 837 g/mol. The lowest BCUT2D eigenvalue weighted by molar-refractivity contribution is -0.388. The molecular formula is C45H51N5O9S. The van der Waals surface area contributed by atoms with Crippen LogP contribution in [0.2, 0.25) is 0 Å². The van der Waals surface area contributed by atoms with Crippen LogP contribution in [0.1, 0.15) is 55.0 Å². The average molecular weight is 838 g/mol. The van der Waals surface area contributed by atoms with Crippen LogP contribution in [0.25, 0.3) is 11.1 Å². The molecule has 5 aromatic rings. The SMILES string of the molecule is COc1ccc(CN(Cc2ccc(OC)cc2)S(=O)(=O)c2cccc(CN(C)CCOc3cc(-c4ccc5c(c4NC(=O)OC(C)(C)C)CCC5)ccn3)c2[N+](=O)[O-])cc1. The molecule has 0 saturated carbocycles. The van der Waals surface area contributed by atoms with Gasteiger partial charge >= 0.3 is 6.09 Å². The van der Waals surface area contributed by atoms with E-state index in [1.807, 2.05) is 37.8 Å². The Morgan fingerprint density at radius 2 is 1.53 bits per heavy atom. The number of para-hydroxylation sites is 1. The Hall–Kier alpha value is -6.03. The molecule has 0 atom stereocenters. The minimum atomic E-state index is -4.42. The molecule has 60 heavy (non-hydrogen) atoms. The Labute approximate surface area is 351 Å².